The lowest BCUT2D eigenvalue weighted by Gasteiger charge is -2.02. The van der Waals surface area contributed by atoms with E-state index in [2.05, 4.69) is 30.9 Å². The van der Waals surface area contributed by atoms with Crippen LogP contribution in [0.2, 0.25) is 0 Å². The number of fused-ring (bicyclic) bond motifs is 1. The summed E-state index contributed by atoms with van der Waals surface area (Å²) in [6.45, 7) is 3.88. The fourth-order valence-corrected chi connectivity index (χ4v) is 2.40. The second-order valence-electron chi connectivity index (χ2n) is 4.45. The average molecular weight is 320 g/mol. The zero-order chi connectivity index (χ0) is 13.6. The van der Waals surface area contributed by atoms with Gasteiger partial charge in [-0.2, -0.15) is 0 Å². The van der Waals surface area contributed by atoms with Crippen LogP contribution in [0.4, 0.5) is 4.39 Å². The first kappa shape index (κ1) is 12.3. The van der Waals surface area contributed by atoms with E-state index in [1.165, 1.54) is 6.07 Å². The number of hydrogen-bond acceptors (Lipinski definition) is 2. The Morgan fingerprint density at radius 1 is 1.16 bits per heavy atom. The van der Waals surface area contributed by atoms with E-state index < -0.39 is 0 Å². The Morgan fingerprint density at radius 2 is 1.95 bits per heavy atom. The van der Waals surface area contributed by atoms with Gasteiger partial charge in [-0.05, 0) is 48.0 Å². The number of benzene rings is 1. The first-order chi connectivity index (χ1) is 9.04. The molecule has 3 aromatic rings. The summed E-state index contributed by atoms with van der Waals surface area (Å²) in [4.78, 5) is 12.0. The van der Waals surface area contributed by atoms with Gasteiger partial charge < -0.3 is 4.98 Å². The Bertz CT molecular complexity index is 741. The third-order valence-corrected chi connectivity index (χ3v) is 3.61. The van der Waals surface area contributed by atoms with Crippen LogP contribution < -0.4 is 0 Å². The summed E-state index contributed by atoms with van der Waals surface area (Å²) in [6.07, 6.45) is 0. The maximum Gasteiger partial charge on any atom is 0.140 e. The minimum absolute atomic E-state index is 0.304. The fraction of sp³-hybridized carbons (Fsp3) is 0.143. The molecule has 1 aromatic carbocycles. The summed E-state index contributed by atoms with van der Waals surface area (Å²) >= 11 is 3.16. The van der Waals surface area contributed by atoms with Crippen LogP contribution in [-0.4, -0.2) is 15.0 Å². The molecule has 2 heterocycles. The Balaban J connectivity index is 2.20. The van der Waals surface area contributed by atoms with Crippen molar-refractivity contribution in [3.63, 3.8) is 0 Å². The smallest absolute Gasteiger partial charge is 0.140 e. The van der Waals surface area contributed by atoms with Gasteiger partial charge in [0.1, 0.15) is 11.6 Å². The van der Waals surface area contributed by atoms with E-state index in [0.29, 0.717) is 15.8 Å². The molecular weight excluding hydrogens is 309 g/mol. The molecule has 0 saturated carbocycles. The highest BCUT2D eigenvalue weighted by atomic mass is 79.9. The van der Waals surface area contributed by atoms with Crippen molar-refractivity contribution < 1.29 is 4.39 Å². The normalized spacial score (nSPS) is 11.2. The fourth-order valence-electron chi connectivity index (χ4n) is 2.07. The Hall–Kier alpha value is -1.75. The van der Waals surface area contributed by atoms with Gasteiger partial charge in [0.2, 0.25) is 0 Å². The van der Waals surface area contributed by atoms with Gasteiger partial charge in [-0.25, -0.2) is 9.37 Å². The molecule has 3 rings (SSSR count). The highest BCUT2D eigenvalue weighted by molar-refractivity contribution is 9.10. The number of aryl methyl sites for hydroxylation is 2. The summed E-state index contributed by atoms with van der Waals surface area (Å²) in [6, 6.07) is 7.02. The van der Waals surface area contributed by atoms with Gasteiger partial charge >= 0.3 is 0 Å². The molecule has 19 heavy (non-hydrogen) atoms. The zero-order valence-electron chi connectivity index (χ0n) is 10.5. The largest absolute Gasteiger partial charge is 0.338 e. The number of aromatic nitrogens is 3. The zero-order valence-corrected chi connectivity index (χ0v) is 12.0. The number of rotatable bonds is 1. The van der Waals surface area contributed by atoms with Crippen molar-refractivity contribution in [3.05, 3.63) is 45.9 Å². The van der Waals surface area contributed by atoms with E-state index in [-0.39, 0.29) is 5.82 Å². The summed E-state index contributed by atoms with van der Waals surface area (Å²) in [5, 5.41) is 0. The lowest BCUT2D eigenvalue weighted by molar-refractivity contribution is 0.623. The van der Waals surface area contributed by atoms with E-state index in [9.17, 15) is 4.39 Å². The SMILES string of the molecule is Cc1ccc(-c2nc3cc(Br)c(F)cc3[nH]2)c(C)n1. The molecule has 0 unspecified atom stereocenters. The highest BCUT2D eigenvalue weighted by Gasteiger charge is 2.11. The van der Waals surface area contributed by atoms with Crippen LogP contribution in [0.3, 0.4) is 0 Å². The molecule has 0 fully saturated rings. The minimum atomic E-state index is -0.304. The number of aromatic amines is 1. The van der Waals surface area contributed by atoms with E-state index in [4.69, 9.17) is 0 Å². The molecule has 0 bridgehead atoms. The van der Waals surface area contributed by atoms with Gasteiger partial charge in [0.05, 0.1) is 15.5 Å². The van der Waals surface area contributed by atoms with E-state index in [1.54, 1.807) is 6.07 Å². The standard InChI is InChI=1S/C14H11BrFN3/c1-7-3-4-9(8(2)17-7)14-18-12-5-10(15)11(16)6-13(12)19-14/h3-6H,1-2H3,(H,18,19). The number of halogens is 2. The summed E-state index contributed by atoms with van der Waals surface area (Å²) in [5.41, 5.74) is 4.20. The number of H-pyrrole nitrogens is 1. The predicted molar refractivity (Wildman–Crippen MR) is 76.5 cm³/mol. The molecule has 5 heteroatoms. The number of nitrogens with zero attached hydrogens (tertiary/aromatic N) is 2. The second kappa shape index (κ2) is 4.42. The van der Waals surface area contributed by atoms with E-state index >= 15 is 0 Å². The number of nitrogens with one attached hydrogen (secondary N) is 1. The molecule has 0 aliphatic rings. The quantitative estimate of drug-likeness (QED) is 0.732. The van der Waals surface area contributed by atoms with Crippen LogP contribution in [0.15, 0.2) is 28.7 Å². The van der Waals surface area contributed by atoms with E-state index in [1.807, 2.05) is 26.0 Å². The van der Waals surface area contributed by atoms with Crippen molar-refractivity contribution in [2.24, 2.45) is 0 Å². The summed E-state index contributed by atoms with van der Waals surface area (Å²) in [5.74, 6) is 0.402. The number of hydrogen-bond donors (Lipinski definition) is 1. The topological polar surface area (TPSA) is 41.6 Å². The van der Waals surface area contributed by atoms with Crippen LogP contribution >= 0.6 is 15.9 Å². The molecule has 2 aromatic heterocycles. The summed E-state index contributed by atoms with van der Waals surface area (Å²) < 4.78 is 13.9. The minimum Gasteiger partial charge on any atom is -0.338 e. The first-order valence-corrected chi connectivity index (χ1v) is 6.63. The van der Waals surface area contributed by atoms with Crippen molar-refractivity contribution in [2.75, 3.05) is 0 Å². The lowest BCUT2D eigenvalue weighted by Crippen LogP contribution is -1.91. The molecule has 3 nitrogen and oxygen atoms in total. The van der Waals surface area contributed by atoms with Gasteiger partial charge in [-0.1, -0.05) is 0 Å². The molecule has 0 spiro atoms. The van der Waals surface area contributed by atoms with Gasteiger partial charge in [-0.15, -0.1) is 0 Å². The van der Waals surface area contributed by atoms with Crippen molar-refractivity contribution >= 4 is 27.0 Å². The van der Waals surface area contributed by atoms with Crippen molar-refractivity contribution in [1.82, 2.24) is 15.0 Å². The third kappa shape index (κ3) is 2.14. The average Bonchev–Trinajstić information content (AvgIpc) is 2.72. The molecular formula is C14H11BrFN3. The second-order valence-corrected chi connectivity index (χ2v) is 5.31. The monoisotopic (exact) mass is 319 g/mol. The molecule has 1 N–H and O–H groups in total. The van der Waals surface area contributed by atoms with Gasteiger partial charge in [0, 0.05) is 23.0 Å². The molecule has 0 saturated heterocycles. The molecule has 0 aliphatic carbocycles. The maximum atomic E-state index is 13.5. The molecule has 0 amide bonds. The molecule has 0 radical (unpaired) electrons. The molecule has 0 atom stereocenters. The Morgan fingerprint density at radius 3 is 2.68 bits per heavy atom. The Kier molecular flexibility index (Phi) is 2.86. The first-order valence-electron chi connectivity index (χ1n) is 5.84. The Labute approximate surface area is 118 Å². The van der Waals surface area contributed by atoms with Crippen LogP contribution in [0.5, 0.6) is 0 Å². The van der Waals surface area contributed by atoms with Gasteiger partial charge in [0.15, 0.2) is 0 Å². The number of imidazole rings is 1. The van der Waals surface area contributed by atoms with Crippen LogP contribution in [0.25, 0.3) is 22.4 Å². The van der Waals surface area contributed by atoms with Gasteiger partial charge in [-0.3, -0.25) is 4.98 Å². The maximum absolute atomic E-state index is 13.5. The van der Waals surface area contributed by atoms with Crippen molar-refractivity contribution in [2.45, 2.75) is 13.8 Å². The van der Waals surface area contributed by atoms with Crippen LogP contribution in [0.1, 0.15) is 11.4 Å². The lowest BCUT2D eigenvalue weighted by atomic mass is 10.2. The van der Waals surface area contributed by atoms with Crippen molar-refractivity contribution in [1.29, 1.82) is 0 Å². The van der Waals surface area contributed by atoms with Crippen molar-refractivity contribution in [3.8, 4) is 11.4 Å². The van der Waals surface area contributed by atoms with Crippen LogP contribution in [0, 0.1) is 19.7 Å². The van der Waals surface area contributed by atoms with Gasteiger partial charge in [0.25, 0.3) is 0 Å². The highest BCUT2D eigenvalue weighted by Crippen LogP contribution is 2.26. The predicted octanol–water partition coefficient (Wildman–Crippen LogP) is 4.14. The molecule has 0 aliphatic heterocycles. The third-order valence-electron chi connectivity index (χ3n) is 3.00. The number of pyridine rings is 1. The van der Waals surface area contributed by atoms with Crippen LogP contribution in [-0.2, 0) is 0 Å². The van der Waals surface area contributed by atoms with E-state index in [0.717, 1.165) is 22.5 Å². The molecule has 96 valence electrons. The summed E-state index contributed by atoms with van der Waals surface area (Å²) in [7, 11) is 0.